The maximum absolute atomic E-state index is 3.82. The SMILES string of the molecule is C=Cc1ccc(-n2c3ccccc3c3cc(Br)ccc32)cc1. The van der Waals surface area contributed by atoms with Crippen molar-refractivity contribution in [1.82, 2.24) is 4.57 Å². The number of fused-ring (bicyclic) bond motifs is 3. The summed E-state index contributed by atoms with van der Waals surface area (Å²) in [6.07, 6.45) is 1.87. The monoisotopic (exact) mass is 347 g/mol. The Balaban J connectivity index is 2.11. The van der Waals surface area contributed by atoms with E-state index in [2.05, 4.69) is 93.8 Å². The molecule has 0 unspecified atom stereocenters. The first-order valence-corrected chi connectivity index (χ1v) is 7.99. The minimum atomic E-state index is 1.10. The zero-order chi connectivity index (χ0) is 15.1. The van der Waals surface area contributed by atoms with Gasteiger partial charge in [-0.3, -0.25) is 0 Å². The van der Waals surface area contributed by atoms with Crippen molar-refractivity contribution in [3.63, 3.8) is 0 Å². The van der Waals surface area contributed by atoms with E-state index < -0.39 is 0 Å². The highest BCUT2D eigenvalue weighted by Crippen LogP contribution is 2.33. The third-order valence-electron chi connectivity index (χ3n) is 4.02. The molecule has 0 bridgehead atoms. The highest BCUT2D eigenvalue weighted by atomic mass is 79.9. The van der Waals surface area contributed by atoms with Crippen LogP contribution in [0.2, 0.25) is 0 Å². The van der Waals surface area contributed by atoms with Gasteiger partial charge in [0.2, 0.25) is 0 Å². The summed E-state index contributed by atoms with van der Waals surface area (Å²) < 4.78 is 3.41. The van der Waals surface area contributed by atoms with E-state index in [4.69, 9.17) is 0 Å². The van der Waals surface area contributed by atoms with Crippen LogP contribution in [0.1, 0.15) is 5.56 Å². The second-order valence-electron chi connectivity index (χ2n) is 5.31. The molecule has 4 rings (SSSR count). The number of aromatic nitrogens is 1. The molecule has 106 valence electrons. The predicted molar refractivity (Wildman–Crippen MR) is 98.6 cm³/mol. The minimum absolute atomic E-state index is 1.10. The molecule has 0 saturated carbocycles. The third-order valence-corrected chi connectivity index (χ3v) is 4.51. The topological polar surface area (TPSA) is 4.93 Å². The number of hydrogen-bond acceptors (Lipinski definition) is 0. The van der Waals surface area contributed by atoms with Crippen LogP contribution in [0.15, 0.2) is 77.8 Å². The Morgan fingerprint density at radius 3 is 2.32 bits per heavy atom. The molecule has 0 aliphatic heterocycles. The molecule has 0 aliphatic rings. The zero-order valence-corrected chi connectivity index (χ0v) is 13.5. The van der Waals surface area contributed by atoms with E-state index in [-0.39, 0.29) is 0 Å². The fraction of sp³-hybridized carbons (Fsp3) is 0. The van der Waals surface area contributed by atoms with Crippen molar-refractivity contribution >= 4 is 43.8 Å². The maximum Gasteiger partial charge on any atom is 0.0541 e. The summed E-state index contributed by atoms with van der Waals surface area (Å²) in [7, 11) is 0. The van der Waals surface area contributed by atoms with Gasteiger partial charge in [-0.25, -0.2) is 0 Å². The molecule has 22 heavy (non-hydrogen) atoms. The van der Waals surface area contributed by atoms with Crippen molar-refractivity contribution < 1.29 is 0 Å². The van der Waals surface area contributed by atoms with Gasteiger partial charge in [0.1, 0.15) is 0 Å². The molecule has 0 atom stereocenters. The van der Waals surface area contributed by atoms with E-state index in [1.165, 1.54) is 27.5 Å². The smallest absolute Gasteiger partial charge is 0.0541 e. The fourth-order valence-corrected chi connectivity index (χ4v) is 3.34. The highest BCUT2D eigenvalue weighted by molar-refractivity contribution is 9.10. The van der Waals surface area contributed by atoms with Crippen molar-refractivity contribution in [2.45, 2.75) is 0 Å². The lowest BCUT2D eigenvalue weighted by Gasteiger charge is -2.08. The predicted octanol–water partition coefficient (Wildman–Crippen LogP) is 6.19. The van der Waals surface area contributed by atoms with Gasteiger partial charge in [-0.15, -0.1) is 0 Å². The fourth-order valence-electron chi connectivity index (χ4n) is 2.98. The first-order chi connectivity index (χ1) is 10.8. The van der Waals surface area contributed by atoms with Crippen LogP contribution in [0.4, 0.5) is 0 Å². The number of benzene rings is 3. The number of rotatable bonds is 2. The average Bonchev–Trinajstić information content (AvgIpc) is 2.89. The van der Waals surface area contributed by atoms with E-state index >= 15 is 0 Å². The molecule has 0 N–H and O–H groups in total. The molecule has 3 aromatic carbocycles. The Labute approximate surface area is 137 Å². The molecule has 2 heteroatoms. The van der Waals surface area contributed by atoms with Gasteiger partial charge in [-0.1, -0.05) is 58.9 Å². The van der Waals surface area contributed by atoms with Gasteiger partial charge in [0.15, 0.2) is 0 Å². The van der Waals surface area contributed by atoms with Gasteiger partial charge in [0.25, 0.3) is 0 Å². The molecule has 4 aromatic rings. The maximum atomic E-state index is 3.82. The highest BCUT2D eigenvalue weighted by Gasteiger charge is 2.11. The Morgan fingerprint density at radius 1 is 0.818 bits per heavy atom. The Hall–Kier alpha value is -2.32. The molecule has 0 radical (unpaired) electrons. The summed E-state index contributed by atoms with van der Waals surface area (Å²) in [6, 6.07) is 23.5. The summed E-state index contributed by atoms with van der Waals surface area (Å²) in [5.74, 6) is 0. The normalized spacial score (nSPS) is 11.1. The molecule has 0 saturated heterocycles. The molecule has 1 nitrogen and oxygen atoms in total. The number of hydrogen-bond donors (Lipinski definition) is 0. The lowest BCUT2D eigenvalue weighted by molar-refractivity contribution is 1.18. The van der Waals surface area contributed by atoms with Crippen LogP contribution in [-0.2, 0) is 0 Å². The second kappa shape index (κ2) is 5.15. The summed E-state index contributed by atoms with van der Waals surface area (Å²) in [5.41, 5.74) is 4.74. The first-order valence-electron chi connectivity index (χ1n) is 7.19. The lowest BCUT2D eigenvalue weighted by Crippen LogP contribution is -1.93. The van der Waals surface area contributed by atoms with Crippen LogP contribution in [-0.4, -0.2) is 4.57 Å². The van der Waals surface area contributed by atoms with Crippen LogP contribution >= 0.6 is 15.9 Å². The number of halogens is 1. The van der Waals surface area contributed by atoms with Gasteiger partial charge < -0.3 is 4.57 Å². The molecule has 1 heterocycles. The minimum Gasteiger partial charge on any atom is -0.309 e. The summed E-state index contributed by atoms with van der Waals surface area (Å²) in [5, 5.41) is 2.53. The van der Waals surface area contributed by atoms with Crippen molar-refractivity contribution in [3.8, 4) is 5.69 Å². The van der Waals surface area contributed by atoms with Crippen LogP contribution in [0.25, 0.3) is 33.6 Å². The summed E-state index contributed by atoms with van der Waals surface area (Å²) in [6.45, 7) is 3.82. The van der Waals surface area contributed by atoms with E-state index in [0.29, 0.717) is 0 Å². The first kappa shape index (κ1) is 13.4. The molecular formula is C20H14BrN. The Morgan fingerprint density at radius 2 is 1.55 bits per heavy atom. The summed E-state index contributed by atoms with van der Waals surface area (Å²) in [4.78, 5) is 0. The van der Waals surface area contributed by atoms with Gasteiger partial charge >= 0.3 is 0 Å². The molecular weight excluding hydrogens is 334 g/mol. The summed E-state index contributed by atoms with van der Waals surface area (Å²) >= 11 is 3.58. The number of para-hydroxylation sites is 1. The lowest BCUT2D eigenvalue weighted by atomic mass is 10.2. The average molecular weight is 348 g/mol. The largest absolute Gasteiger partial charge is 0.309 e. The van der Waals surface area contributed by atoms with Gasteiger partial charge in [0.05, 0.1) is 11.0 Å². The van der Waals surface area contributed by atoms with E-state index in [1.807, 2.05) is 6.08 Å². The van der Waals surface area contributed by atoms with Gasteiger partial charge in [-0.05, 0) is 42.0 Å². The van der Waals surface area contributed by atoms with Crippen molar-refractivity contribution in [3.05, 3.63) is 83.3 Å². The Kier molecular flexibility index (Phi) is 3.12. The quantitative estimate of drug-likeness (QED) is 0.407. The molecule has 0 spiro atoms. The number of nitrogens with zero attached hydrogens (tertiary/aromatic N) is 1. The second-order valence-corrected chi connectivity index (χ2v) is 6.23. The van der Waals surface area contributed by atoms with Crippen LogP contribution in [0, 0.1) is 0 Å². The zero-order valence-electron chi connectivity index (χ0n) is 12.0. The van der Waals surface area contributed by atoms with E-state index in [0.717, 1.165) is 10.0 Å². The molecule has 1 aromatic heterocycles. The van der Waals surface area contributed by atoms with Crippen molar-refractivity contribution in [1.29, 1.82) is 0 Å². The van der Waals surface area contributed by atoms with Crippen LogP contribution in [0.5, 0.6) is 0 Å². The van der Waals surface area contributed by atoms with Gasteiger partial charge in [-0.2, -0.15) is 0 Å². The third kappa shape index (κ3) is 1.99. The Bertz CT molecular complexity index is 994. The van der Waals surface area contributed by atoms with Gasteiger partial charge in [0, 0.05) is 20.9 Å². The standard InChI is InChI=1S/C20H14BrN/c1-2-14-7-10-16(11-8-14)22-19-6-4-3-5-17(19)18-13-15(21)9-12-20(18)22/h2-13H,1H2. The molecule has 0 aliphatic carbocycles. The van der Waals surface area contributed by atoms with E-state index in [9.17, 15) is 0 Å². The van der Waals surface area contributed by atoms with Crippen LogP contribution < -0.4 is 0 Å². The van der Waals surface area contributed by atoms with E-state index in [1.54, 1.807) is 0 Å². The van der Waals surface area contributed by atoms with Crippen molar-refractivity contribution in [2.24, 2.45) is 0 Å². The van der Waals surface area contributed by atoms with Crippen molar-refractivity contribution in [2.75, 3.05) is 0 Å². The van der Waals surface area contributed by atoms with Crippen LogP contribution in [0.3, 0.4) is 0 Å². The molecule has 0 amide bonds. The molecule has 0 fully saturated rings.